The van der Waals surface area contributed by atoms with Gasteiger partial charge < -0.3 is 5.32 Å². The first-order valence-electron chi connectivity index (χ1n) is 5.53. The maximum Gasteiger partial charge on any atom is 0.252 e. The van der Waals surface area contributed by atoms with Crippen molar-refractivity contribution in [3.8, 4) is 0 Å². The van der Waals surface area contributed by atoms with Gasteiger partial charge in [0.2, 0.25) is 0 Å². The van der Waals surface area contributed by atoms with Crippen LogP contribution < -0.4 is 5.32 Å². The van der Waals surface area contributed by atoms with Crippen LogP contribution in [-0.4, -0.2) is 18.2 Å². The molecule has 3 nitrogen and oxygen atoms in total. The van der Waals surface area contributed by atoms with Crippen LogP contribution in [0.4, 0.5) is 0 Å². The predicted molar refractivity (Wildman–Crippen MR) is 65.4 cm³/mol. The Hall–Kier alpha value is -2.16. The van der Waals surface area contributed by atoms with E-state index in [2.05, 4.69) is 5.32 Å². The van der Waals surface area contributed by atoms with Crippen LogP contribution in [0.5, 0.6) is 0 Å². The van der Waals surface area contributed by atoms with Crippen LogP contribution in [0.2, 0.25) is 0 Å². The van der Waals surface area contributed by atoms with Crippen molar-refractivity contribution in [1.29, 1.82) is 0 Å². The predicted octanol–water partition coefficient (Wildman–Crippen LogP) is 2.13. The van der Waals surface area contributed by atoms with Crippen molar-refractivity contribution in [2.75, 3.05) is 6.54 Å². The highest BCUT2D eigenvalue weighted by Crippen LogP contribution is 2.11. The van der Waals surface area contributed by atoms with E-state index in [0.717, 1.165) is 0 Å². The first-order valence-corrected chi connectivity index (χ1v) is 5.53. The minimum absolute atomic E-state index is 0.00259. The average Bonchev–Trinajstić information content (AvgIpc) is 2.46. The van der Waals surface area contributed by atoms with E-state index < -0.39 is 0 Å². The summed E-state index contributed by atoms with van der Waals surface area (Å²) in [5.74, 6) is -0.193. The van der Waals surface area contributed by atoms with Crippen molar-refractivity contribution < 1.29 is 9.59 Å². The molecule has 1 aliphatic heterocycles. The molecule has 1 aromatic carbocycles. The first kappa shape index (κ1) is 11.3. The minimum atomic E-state index is -0.190. The van der Waals surface area contributed by atoms with Crippen molar-refractivity contribution >= 4 is 11.7 Å². The summed E-state index contributed by atoms with van der Waals surface area (Å²) in [5, 5.41) is 2.71. The van der Waals surface area contributed by atoms with Crippen LogP contribution in [0.1, 0.15) is 27.1 Å². The maximum absolute atomic E-state index is 11.9. The van der Waals surface area contributed by atoms with Crippen molar-refractivity contribution in [1.82, 2.24) is 5.32 Å². The molecule has 0 aromatic heterocycles. The molecule has 0 unspecified atom stereocenters. The zero-order chi connectivity index (χ0) is 12.1. The van der Waals surface area contributed by atoms with E-state index in [4.69, 9.17) is 0 Å². The number of Topliss-reactive ketones (excluding diaryl/α,β-unsaturated/α-hetero) is 1. The van der Waals surface area contributed by atoms with Crippen LogP contribution in [-0.2, 0) is 0 Å². The van der Waals surface area contributed by atoms with E-state index in [0.29, 0.717) is 24.1 Å². The van der Waals surface area contributed by atoms with Gasteiger partial charge in [-0.05, 0) is 6.07 Å². The molecule has 2 rings (SSSR count). The number of hydrogen-bond donors (Lipinski definition) is 1. The number of fused-ring (bicyclic) bond motifs is 1. The quantitative estimate of drug-likeness (QED) is 0.738. The van der Waals surface area contributed by atoms with Gasteiger partial charge in [0.15, 0.2) is 5.78 Å². The van der Waals surface area contributed by atoms with Gasteiger partial charge in [0.05, 0.1) is 5.56 Å². The third-order valence-corrected chi connectivity index (χ3v) is 2.55. The Balaban J connectivity index is 2.68. The van der Waals surface area contributed by atoms with E-state index in [1.807, 2.05) is 24.3 Å². The largest absolute Gasteiger partial charge is 0.352 e. The second-order valence-corrected chi connectivity index (χ2v) is 3.74. The third-order valence-electron chi connectivity index (χ3n) is 2.55. The van der Waals surface area contributed by atoms with E-state index in [9.17, 15) is 9.59 Å². The topological polar surface area (TPSA) is 46.2 Å². The molecule has 0 saturated heterocycles. The number of hydrogen-bond acceptors (Lipinski definition) is 2. The normalized spacial score (nSPS) is 14.1. The minimum Gasteiger partial charge on any atom is -0.352 e. The van der Waals surface area contributed by atoms with Crippen molar-refractivity contribution in [2.45, 2.75) is 6.42 Å². The molecule has 1 N–H and O–H groups in total. The molecule has 0 atom stereocenters. The Morgan fingerprint density at radius 1 is 0.824 bits per heavy atom. The SMILES string of the molecule is O=C1CCNC(=O)c2ccccccccc21. The lowest BCUT2D eigenvalue weighted by atomic mass is 10.0. The van der Waals surface area contributed by atoms with Crippen LogP contribution in [0.25, 0.3) is 0 Å². The fourth-order valence-electron chi connectivity index (χ4n) is 1.70. The van der Waals surface area contributed by atoms with Gasteiger partial charge in [0, 0.05) is 18.5 Å². The molecule has 0 spiro atoms. The summed E-state index contributed by atoms with van der Waals surface area (Å²) >= 11 is 0. The fraction of sp³-hybridized carbons (Fsp3) is 0.143. The lowest BCUT2D eigenvalue weighted by molar-refractivity contribution is 0.0956. The van der Waals surface area contributed by atoms with Gasteiger partial charge in [-0.15, -0.1) is 0 Å². The molecule has 1 aromatic rings. The van der Waals surface area contributed by atoms with Crippen molar-refractivity contribution in [2.24, 2.45) is 0 Å². The van der Waals surface area contributed by atoms with E-state index >= 15 is 0 Å². The Bertz CT molecular complexity index is 462. The molecule has 0 aliphatic carbocycles. The van der Waals surface area contributed by atoms with Gasteiger partial charge in [-0.2, -0.15) is 0 Å². The van der Waals surface area contributed by atoms with Gasteiger partial charge in [-0.3, -0.25) is 9.59 Å². The number of carbonyl (C=O) groups is 2. The van der Waals surface area contributed by atoms with Gasteiger partial charge >= 0.3 is 0 Å². The zero-order valence-corrected chi connectivity index (χ0v) is 9.35. The van der Waals surface area contributed by atoms with Crippen LogP contribution >= 0.6 is 0 Å². The van der Waals surface area contributed by atoms with E-state index in [1.165, 1.54) is 0 Å². The van der Waals surface area contributed by atoms with Gasteiger partial charge in [0.1, 0.15) is 0 Å². The summed E-state index contributed by atoms with van der Waals surface area (Å²) in [7, 11) is 0. The smallest absolute Gasteiger partial charge is 0.252 e. The molecule has 17 heavy (non-hydrogen) atoms. The van der Waals surface area contributed by atoms with Gasteiger partial charge in [-0.1, -0.05) is 42.5 Å². The Kier molecular flexibility index (Phi) is 3.50. The highest BCUT2D eigenvalue weighted by atomic mass is 16.2. The van der Waals surface area contributed by atoms with Crippen LogP contribution in [0, 0.1) is 0 Å². The molecular formula is C14H13NO2. The Morgan fingerprint density at radius 3 is 2.12 bits per heavy atom. The molecule has 3 heteroatoms. The first-order chi connectivity index (χ1) is 8.29. The van der Waals surface area contributed by atoms with Crippen LogP contribution in [0.15, 0.2) is 48.5 Å². The molecule has 0 fully saturated rings. The molecule has 1 aliphatic rings. The summed E-state index contributed by atoms with van der Waals surface area (Å²) in [4.78, 5) is 23.7. The lowest BCUT2D eigenvalue weighted by Crippen LogP contribution is -2.22. The zero-order valence-electron chi connectivity index (χ0n) is 9.35. The van der Waals surface area contributed by atoms with Crippen molar-refractivity contribution in [3.05, 3.63) is 59.7 Å². The molecule has 1 amide bonds. The number of rotatable bonds is 0. The second-order valence-electron chi connectivity index (χ2n) is 3.74. The molecule has 0 saturated carbocycles. The number of carbonyl (C=O) groups excluding carboxylic acids is 2. The average molecular weight is 227 g/mol. The highest BCUT2D eigenvalue weighted by molar-refractivity contribution is 6.09. The van der Waals surface area contributed by atoms with E-state index in [-0.39, 0.29) is 11.7 Å². The van der Waals surface area contributed by atoms with Gasteiger partial charge in [-0.25, -0.2) is 0 Å². The number of nitrogens with one attached hydrogen (secondary N) is 1. The maximum atomic E-state index is 11.9. The molecule has 1 heterocycles. The number of amides is 1. The lowest BCUT2D eigenvalue weighted by Gasteiger charge is -1.99. The summed E-state index contributed by atoms with van der Waals surface area (Å²) in [6, 6.07) is 14.3. The van der Waals surface area contributed by atoms with Gasteiger partial charge in [0.25, 0.3) is 5.91 Å². The van der Waals surface area contributed by atoms with Crippen molar-refractivity contribution in [3.63, 3.8) is 0 Å². The Labute approximate surface area is 99.8 Å². The molecule has 0 radical (unpaired) electrons. The molecular weight excluding hydrogens is 214 g/mol. The highest BCUT2D eigenvalue weighted by Gasteiger charge is 2.18. The molecule has 0 bridgehead atoms. The summed E-state index contributed by atoms with van der Waals surface area (Å²) in [6.45, 7) is 0.401. The fourth-order valence-corrected chi connectivity index (χ4v) is 1.70. The monoisotopic (exact) mass is 227 g/mol. The summed E-state index contributed by atoms with van der Waals surface area (Å²) in [5.41, 5.74) is 0.917. The standard InChI is InChI=1S/C14H13NO2/c16-13-9-10-15-14(17)12-8-6-4-2-1-3-5-7-11(12)13/h1-8H,9-10H2,(H,15,17). The molecule has 86 valence electrons. The second kappa shape index (κ2) is 5.25. The summed E-state index contributed by atoms with van der Waals surface area (Å²) in [6.07, 6.45) is 0.350. The number of ketones is 1. The summed E-state index contributed by atoms with van der Waals surface area (Å²) < 4.78 is 0. The Morgan fingerprint density at radius 2 is 1.41 bits per heavy atom. The third kappa shape index (κ3) is 2.69. The van der Waals surface area contributed by atoms with E-state index in [1.54, 1.807) is 24.3 Å². The van der Waals surface area contributed by atoms with Crippen LogP contribution in [0.3, 0.4) is 0 Å².